The molecule has 0 aromatic heterocycles. The van der Waals surface area contributed by atoms with Gasteiger partial charge in [-0.1, -0.05) is 67.1 Å². The van der Waals surface area contributed by atoms with Gasteiger partial charge in [0.25, 0.3) is 0 Å². The van der Waals surface area contributed by atoms with Gasteiger partial charge in [0.2, 0.25) is 17.7 Å². The van der Waals surface area contributed by atoms with E-state index in [1.54, 1.807) is 19.2 Å². The Kier molecular flexibility index (Phi) is 6.43. The van der Waals surface area contributed by atoms with Crippen molar-refractivity contribution in [1.82, 2.24) is 4.90 Å². The van der Waals surface area contributed by atoms with E-state index in [0.29, 0.717) is 37.1 Å². The van der Waals surface area contributed by atoms with Crippen molar-refractivity contribution in [2.75, 3.05) is 19.0 Å². The van der Waals surface area contributed by atoms with E-state index in [2.05, 4.69) is 5.32 Å². The molecule has 0 radical (unpaired) electrons. The standard InChI is InChI=1S/C31H28Cl2N2O4/c1-39-24-16-9-8-15-23(24)34-25(36)17-3-2-10-18-35-28(37)26-27(29(35)38)31(33)20-12-5-4-11-19(20)30(26,32)21-13-6-7-14-22(21)31/h4-9,11-16,26-27H,2-3,10,17-18H2,1H3,(H,34,36)/t26-,27-,30?,31?/m0/s1. The largest absolute Gasteiger partial charge is 0.495 e. The topological polar surface area (TPSA) is 75.7 Å². The van der Waals surface area contributed by atoms with E-state index in [9.17, 15) is 14.4 Å². The molecule has 3 aliphatic carbocycles. The van der Waals surface area contributed by atoms with Gasteiger partial charge in [-0.15, -0.1) is 23.2 Å². The first kappa shape index (κ1) is 25.9. The van der Waals surface area contributed by atoms with Crippen LogP contribution < -0.4 is 10.1 Å². The molecule has 0 saturated carbocycles. The van der Waals surface area contributed by atoms with Gasteiger partial charge in [-0.05, 0) is 47.2 Å². The molecule has 2 bridgehead atoms. The SMILES string of the molecule is COc1ccccc1NC(=O)CCCCCN1C(=O)[C@@H]2[C@@H](C1=O)C1(Cl)c3ccccc3C2(Cl)c2ccccc21. The second kappa shape index (κ2) is 9.68. The number of methoxy groups -OCH3 is 1. The zero-order valence-electron chi connectivity index (χ0n) is 21.5. The highest BCUT2D eigenvalue weighted by molar-refractivity contribution is 6.36. The van der Waals surface area contributed by atoms with Crippen molar-refractivity contribution < 1.29 is 19.1 Å². The summed E-state index contributed by atoms with van der Waals surface area (Å²) >= 11 is 14.9. The molecule has 3 aromatic rings. The van der Waals surface area contributed by atoms with Gasteiger partial charge in [0.05, 0.1) is 24.6 Å². The van der Waals surface area contributed by atoms with Gasteiger partial charge in [0.1, 0.15) is 15.5 Å². The predicted molar refractivity (Wildman–Crippen MR) is 150 cm³/mol. The number of nitrogens with zero attached hydrogens (tertiary/aromatic N) is 1. The molecule has 6 nitrogen and oxygen atoms in total. The number of hydrogen-bond donors (Lipinski definition) is 1. The summed E-state index contributed by atoms with van der Waals surface area (Å²) in [5.74, 6) is -1.61. The Bertz CT molecular complexity index is 1370. The summed E-state index contributed by atoms with van der Waals surface area (Å²) < 4.78 is 5.28. The summed E-state index contributed by atoms with van der Waals surface area (Å²) in [6.07, 6.45) is 2.22. The van der Waals surface area contributed by atoms with E-state index in [4.69, 9.17) is 27.9 Å². The zero-order valence-corrected chi connectivity index (χ0v) is 23.0. The number of amides is 3. The lowest BCUT2D eigenvalue weighted by Crippen LogP contribution is -2.57. The minimum absolute atomic E-state index is 0.112. The second-order valence-corrected chi connectivity index (χ2v) is 11.5. The van der Waals surface area contributed by atoms with Gasteiger partial charge in [0, 0.05) is 13.0 Å². The number of imide groups is 1. The average molecular weight is 563 g/mol. The molecule has 0 unspecified atom stereocenters. The molecular weight excluding hydrogens is 535 g/mol. The third kappa shape index (κ3) is 3.72. The van der Waals surface area contributed by atoms with Crippen LogP contribution in [0, 0.1) is 11.8 Å². The molecule has 0 spiro atoms. The summed E-state index contributed by atoms with van der Waals surface area (Å²) in [5.41, 5.74) is 3.81. The number of para-hydroxylation sites is 2. The number of anilines is 1. The normalized spacial score (nSPS) is 26.2. The van der Waals surface area contributed by atoms with Crippen molar-refractivity contribution in [3.05, 3.63) is 95.1 Å². The van der Waals surface area contributed by atoms with Gasteiger partial charge >= 0.3 is 0 Å². The van der Waals surface area contributed by atoms with Crippen LogP contribution in [0.25, 0.3) is 0 Å². The first-order valence-corrected chi connectivity index (χ1v) is 13.9. The molecule has 3 amide bonds. The Balaban J connectivity index is 1.16. The van der Waals surface area contributed by atoms with Crippen LogP contribution in [0.15, 0.2) is 72.8 Å². The number of carbonyl (C=O) groups excluding carboxylic acids is 3. The van der Waals surface area contributed by atoms with Gasteiger partial charge in [0.15, 0.2) is 0 Å². The number of nitrogens with one attached hydrogen (secondary N) is 1. The highest BCUT2D eigenvalue weighted by Crippen LogP contribution is 2.69. The number of hydrogen-bond acceptors (Lipinski definition) is 4. The minimum Gasteiger partial charge on any atom is -0.495 e. The van der Waals surface area contributed by atoms with Crippen molar-refractivity contribution in [1.29, 1.82) is 0 Å². The van der Waals surface area contributed by atoms with Crippen LogP contribution in [0.5, 0.6) is 5.75 Å². The van der Waals surface area contributed by atoms with E-state index in [1.807, 2.05) is 60.7 Å². The van der Waals surface area contributed by atoms with Crippen LogP contribution in [0.4, 0.5) is 5.69 Å². The van der Waals surface area contributed by atoms with E-state index in [-0.39, 0.29) is 24.3 Å². The number of rotatable bonds is 8. The van der Waals surface area contributed by atoms with Gasteiger partial charge < -0.3 is 10.1 Å². The molecule has 4 aliphatic rings. The summed E-state index contributed by atoms with van der Waals surface area (Å²) in [6, 6.07) is 22.5. The number of alkyl halides is 2. The summed E-state index contributed by atoms with van der Waals surface area (Å²) in [6.45, 7) is 0.269. The molecule has 2 atom stereocenters. The number of halogens is 2. The molecule has 200 valence electrons. The summed E-state index contributed by atoms with van der Waals surface area (Å²) in [5, 5.41) is 2.87. The van der Waals surface area contributed by atoms with Crippen molar-refractivity contribution in [3.8, 4) is 5.75 Å². The smallest absolute Gasteiger partial charge is 0.235 e. The van der Waals surface area contributed by atoms with E-state index >= 15 is 0 Å². The fourth-order valence-electron chi connectivity index (χ4n) is 6.64. The van der Waals surface area contributed by atoms with Crippen molar-refractivity contribution in [2.24, 2.45) is 11.8 Å². The van der Waals surface area contributed by atoms with Crippen LogP contribution in [0.1, 0.15) is 47.9 Å². The minimum atomic E-state index is -1.16. The molecule has 8 heteroatoms. The Hall–Kier alpha value is -3.35. The monoisotopic (exact) mass is 562 g/mol. The van der Waals surface area contributed by atoms with Gasteiger partial charge in [-0.25, -0.2) is 0 Å². The van der Waals surface area contributed by atoms with Crippen LogP contribution in [0.2, 0.25) is 0 Å². The van der Waals surface area contributed by atoms with Crippen LogP contribution in [-0.4, -0.2) is 36.3 Å². The number of likely N-dealkylation sites (tertiary alicyclic amines) is 1. The molecule has 1 fully saturated rings. The molecular formula is C31H28Cl2N2O4. The number of unbranched alkanes of at least 4 members (excludes halogenated alkanes) is 2. The number of carbonyl (C=O) groups is 3. The fourth-order valence-corrected chi connectivity index (χ4v) is 7.74. The maximum absolute atomic E-state index is 13.8. The molecule has 1 N–H and O–H groups in total. The molecule has 1 heterocycles. The lowest BCUT2D eigenvalue weighted by Gasteiger charge is -2.54. The molecule has 1 saturated heterocycles. The first-order chi connectivity index (χ1) is 18.8. The van der Waals surface area contributed by atoms with Crippen molar-refractivity contribution in [3.63, 3.8) is 0 Å². The maximum atomic E-state index is 13.8. The fraction of sp³-hybridized carbons (Fsp3) is 0.323. The summed E-state index contributed by atoms with van der Waals surface area (Å²) in [4.78, 5) is 39.1. The lowest BCUT2D eigenvalue weighted by molar-refractivity contribution is -0.140. The zero-order chi connectivity index (χ0) is 27.4. The van der Waals surface area contributed by atoms with Crippen LogP contribution in [-0.2, 0) is 24.1 Å². The third-order valence-electron chi connectivity index (χ3n) is 8.34. The van der Waals surface area contributed by atoms with Gasteiger partial charge in [-0.3, -0.25) is 19.3 Å². The average Bonchev–Trinajstić information content (AvgIpc) is 3.22. The Morgan fingerprint density at radius 2 is 1.28 bits per heavy atom. The Labute approximate surface area is 237 Å². The van der Waals surface area contributed by atoms with Crippen LogP contribution >= 0.6 is 23.2 Å². The number of benzene rings is 3. The van der Waals surface area contributed by atoms with E-state index in [1.165, 1.54) is 4.90 Å². The van der Waals surface area contributed by atoms with Crippen molar-refractivity contribution in [2.45, 2.75) is 35.4 Å². The van der Waals surface area contributed by atoms with Crippen molar-refractivity contribution >= 4 is 46.6 Å². The second-order valence-electron chi connectivity index (χ2n) is 10.4. The summed E-state index contributed by atoms with van der Waals surface area (Å²) in [7, 11) is 1.56. The Morgan fingerprint density at radius 1 is 0.795 bits per heavy atom. The molecule has 1 aliphatic heterocycles. The predicted octanol–water partition coefficient (Wildman–Crippen LogP) is 5.79. The maximum Gasteiger partial charge on any atom is 0.235 e. The third-order valence-corrected chi connectivity index (χ3v) is 9.63. The highest BCUT2D eigenvalue weighted by atomic mass is 35.5. The Morgan fingerprint density at radius 3 is 1.79 bits per heavy atom. The molecule has 7 rings (SSSR count). The number of ether oxygens (including phenoxy) is 1. The highest BCUT2D eigenvalue weighted by Gasteiger charge is 2.72. The van der Waals surface area contributed by atoms with Crippen LogP contribution in [0.3, 0.4) is 0 Å². The van der Waals surface area contributed by atoms with Gasteiger partial charge in [-0.2, -0.15) is 0 Å². The first-order valence-electron chi connectivity index (χ1n) is 13.2. The molecule has 39 heavy (non-hydrogen) atoms. The lowest BCUT2D eigenvalue weighted by atomic mass is 9.54. The quantitative estimate of drug-likeness (QED) is 0.214. The molecule has 3 aromatic carbocycles. The van der Waals surface area contributed by atoms with E-state index in [0.717, 1.165) is 22.3 Å². The van der Waals surface area contributed by atoms with E-state index < -0.39 is 21.6 Å².